The fourth-order valence-electron chi connectivity index (χ4n) is 4.72. The minimum Gasteiger partial charge on any atom is -0.479 e. The van der Waals surface area contributed by atoms with Gasteiger partial charge in [0.25, 0.3) is 5.60 Å². The molecule has 41 heavy (non-hydrogen) atoms. The number of halogens is 1. The molecule has 4 atom stereocenters. The summed E-state index contributed by atoms with van der Waals surface area (Å²) >= 11 is 6.14. The summed E-state index contributed by atoms with van der Waals surface area (Å²) in [7, 11) is 0. The Morgan fingerprint density at radius 3 is 2.51 bits per heavy atom. The standard InChI is InChI=1S/C26H26ClN5O9/c1-2-25(39)15(11-40-26(21(35)36,22(37)38)10-14-6-4-3-5-7-14)41-20(17(25)34)32-13-28-16-18(29-23(27)30-19(16)32)31-24(12-33)8-9-24/h1,3-7,13,15,17,20,33-34,39H,8-12H2,(H,35,36)(H,37,38)(H,29,30,31)/t15-,17+,20-,25-/m1/s1. The minimum atomic E-state index is -2.75. The maximum absolute atomic E-state index is 12.2. The third kappa shape index (κ3) is 4.97. The molecule has 216 valence electrons. The zero-order valence-electron chi connectivity index (χ0n) is 21.3. The first-order valence-corrected chi connectivity index (χ1v) is 12.8. The van der Waals surface area contributed by atoms with E-state index in [-0.39, 0.29) is 28.9 Å². The molecule has 1 aromatic carbocycles. The summed E-state index contributed by atoms with van der Waals surface area (Å²) in [6.45, 7) is -0.954. The predicted molar refractivity (Wildman–Crippen MR) is 141 cm³/mol. The minimum absolute atomic E-state index is 0.0979. The fourth-order valence-corrected chi connectivity index (χ4v) is 4.89. The molecule has 1 saturated carbocycles. The molecule has 2 fully saturated rings. The Morgan fingerprint density at radius 1 is 1.24 bits per heavy atom. The fraction of sp³-hybridized carbons (Fsp3) is 0.423. The number of benzene rings is 1. The number of anilines is 1. The summed E-state index contributed by atoms with van der Waals surface area (Å²) < 4.78 is 12.6. The number of ether oxygens (including phenoxy) is 2. The van der Waals surface area contributed by atoms with Crippen LogP contribution in [0.1, 0.15) is 24.6 Å². The highest BCUT2D eigenvalue weighted by Gasteiger charge is 2.58. The van der Waals surface area contributed by atoms with Gasteiger partial charge in [-0.1, -0.05) is 36.3 Å². The summed E-state index contributed by atoms with van der Waals surface area (Å²) in [5.74, 6) is -1.26. The summed E-state index contributed by atoms with van der Waals surface area (Å²) in [5.41, 5.74) is -5.05. The molecular weight excluding hydrogens is 562 g/mol. The number of aliphatic hydroxyl groups is 3. The quantitative estimate of drug-likeness (QED) is 0.101. The van der Waals surface area contributed by atoms with Crippen LogP contribution < -0.4 is 5.32 Å². The van der Waals surface area contributed by atoms with Gasteiger partial charge in [0.1, 0.15) is 12.2 Å². The van der Waals surface area contributed by atoms with Crippen molar-refractivity contribution in [3.05, 3.63) is 47.5 Å². The number of aromatic nitrogens is 4. The van der Waals surface area contributed by atoms with Crippen molar-refractivity contribution in [2.24, 2.45) is 0 Å². The molecule has 2 aliphatic rings. The number of hydrogen-bond acceptors (Lipinski definition) is 11. The second kappa shape index (κ2) is 10.5. The van der Waals surface area contributed by atoms with Gasteiger partial charge in [0.2, 0.25) is 5.28 Å². The number of nitrogens with one attached hydrogen (secondary N) is 1. The number of hydrogen-bond donors (Lipinski definition) is 6. The van der Waals surface area contributed by atoms with Crippen LogP contribution in [0.2, 0.25) is 5.28 Å². The topological polar surface area (TPSA) is 209 Å². The van der Waals surface area contributed by atoms with Gasteiger partial charge in [-0.15, -0.1) is 6.42 Å². The van der Waals surface area contributed by atoms with Crippen LogP contribution in [-0.2, 0) is 25.5 Å². The monoisotopic (exact) mass is 587 g/mol. The van der Waals surface area contributed by atoms with E-state index < -0.39 is 60.1 Å². The van der Waals surface area contributed by atoms with E-state index in [1.165, 1.54) is 10.9 Å². The van der Waals surface area contributed by atoms with Gasteiger partial charge in [-0.2, -0.15) is 9.97 Å². The van der Waals surface area contributed by atoms with E-state index in [1.807, 2.05) is 0 Å². The van der Waals surface area contributed by atoms with E-state index in [1.54, 1.807) is 30.3 Å². The predicted octanol–water partition coefficient (Wildman–Crippen LogP) is 0.206. The molecular formula is C26H26ClN5O9. The van der Waals surface area contributed by atoms with Crippen molar-refractivity contribution < 1.29 is 44.6 Å². The SMILES string of the molecule is C#C[C@@]1(O)[C@@H](COC(Cc2ccccc2)(C(=O)O)C(=O)O)O[C@@H](n2cnc3c(NC4(CO)CC4)nc(Cl)nc32)[C@@H]1O. The number of aliphatic carboxylic acids is 2. The number of carboxylic acids is 2. The number of aliphatic hydroxyl groups excluding tert-OH is 2. The second-order valence-electron chi connectivity index (χ2n) is 10.1. The Kier molecular flexibility index (Phi) is 7.36. The summed E-state index contributed by atoms with van der Waals surface area (Å²) in [6.07, 6.45) is 2.88. The molecule has 0 bridgehead atoms. The van der Waals surface area contributed by atoms with Gasteiger partial charge < -0.3 is 40.3 Å². The summed E-state index contributed by atoms with van der Waals surface area (Å²) in [6, 6.07) is 7.99. The number of rotatable bonds is 11. The highest BCUT2D eigenvalue weighted by atomic mass is 35.5. The van der Waals surface area contributed by atoms with Crippen molar-refractivity contribution >= 4 is 40.5 Å². The molecule has 0 spiro atoms. The lowest BCUT2D eigenvalue weighted by atomic mass is 9.92. The third-order valence-electron chi connectivity index (χ3n) is 7.42. The van der Waals surface area contributed by atoms with Gasteiger partial charge in [-0.25, -0.2) is 14.6 Å². The second-order valence-corrected chi connectivity index (χ2v) is 10.4. The lowest BCUT2D eigenvalue weighted by Gasteiger charge is -2.30. The van der Waals surface area contributed by atoms with Gasteiger partial charge in [0, 0.05) is 6.42 Å². The number of imidazole rings is 1. The van der Waals surface area contributed by atoms with E-state index in [0.29, 0.717) is 18.4 Å². The molecule has 15 heteroatoms. The van der Waals surface area contributed by atoms with Crippen LogP contribution in [0.3, 0.4) is 0 Å². The largest absolute Gasteiger partial charge is 0.479 e. The number of carbonyl (C=O) groups is 2. The van der Waals surface area contributed by atoms with Crippen molar-refractivity contribution in [3.8, 4) is 12.3 Å². The van der Waals surface area contributed by atoms with Crippen molar-refractivity contribution in [1.29, 1.82) is 0 Å². The number of nitrogens with zero attached hydrogens (tertiary/aromatic N) is 4. The van der Waals surface area contributed by atoms with Crippen LogP contribution in [0, 0.1) is 12.3 Å². The van der Waals surface area contributed by atoms with Crippen LogP contribution in [0.25, 0.3) is 11.2 Å². The van der Waals surface area contributed by atoms with Crippen molar-refractivity contribution in [2.45, 2.75) is 54.4 Å². The van der Waals surface area contributed by atoms with Gasteiger partial charge in [0.15, 0.2) is 28.8 Å². The van der Waals surface area contributed by atoms with E-state index in [4.69, 9.17) is 27.5 Å². The van der Waals surface area contributed by atoms with Crippen molar-refractivity contribution in [1.82, 2.24) is 19.5 Å². The van der Waals surface area contributed by atoms with E-state index in [9.17, 15) is 35.1 Å². The van der Waals surface area contributed by atoms with Crippen molar-refractivity contribution in [3.63, 3.8) is 0 Å². The first-order chi connectivity index (χ1) is 19.5. The van der Waals surface area contributed by atoms with Gasteiger partial charge in [0.05, 0.1) is 25.1 Å². The van der Waals surface area contributed by atoms with Crippen LogP contribution in [-0.4, -0.2) is 99.2 Å². The zero-order valence-corrected chi connectivity index (χ0v) is 22.1. The highest BCUT2D eigenvalue weighted by molar-refractivity contribution is 6.28. The van der Waals surface area contributed by atoms with E-state index >= 15 is 0 Å². The molecule has 2 aromatic heterocycles. The molecule has 1 aliphatic heterocycles. The first-order valence-electron chi connectivity index (χ1n) is 12.5. The molecule has 14 nitrogen and oxygen atoms in total. The maximum atomic E-state index is 12.2. The van der Waals surface area contributed by atoms with Crippen LogP contribution in [0.15, 0.2) is 36.7 Å². The lowest BCUT2D eigenvalue weighted by Crippen LogP contribution is -2.55. The Morgan fingerprint density at radius 2 is 1.93 bits per heavy atom. The highest BCUT2D eigenvalue weighted by Crippen LogP contribution is 2.42. The van der Waals surface area contributed by atoms with E-state index in [2.05, 4.69) is 26.2 Å². The molecule has 0 radical (unpaired) electrons. The smallest absolute Gasteiger partial charge is 0.348 e. The number of terminal acetylenes is 1. The molecule has 0 unspecified atom stereocenters. The Labute approximate surface area is 237 Å². The molecule has 1 saturated heterocycles. The van der Waals surface area contributed by atoms with Crippen LogP contribution >= 0.6 is 11.6 Å². The van der Waals surface area contributed by atoms with Gasteiger partial charge >= 0.3 is 11.9 Å². The molecule has 1 aliphatic carbocycles. The third-order valence-corrected chi connectivity index (χ3v) is 7.59. The van der Waals surface area contributed by atoms with E-state index in [0.717, 1.165) is 0 Å². The molecule has 3 heterocycles. The van der Waals surface area contributed by atoms with Crippen LogP contribution in [0.5, 0.6) is 0 Å². The Hall–Kier alpha value is -3.84. The zero-order chi connectivity index (χ0) is 29.6. The Bertz CT molecular complexity index is 1510. The molecule has 6 N–H and O–H groups in total. The van der Waals surface area contributed by atoms with Crippen molar-refractivity contribution in [2.75, 3.05) is 18.5 Å². The average molecular weight is 588 g/mol. The molecule has 0 amide bonds. The van der Waals surface area contributed by atoms with Gasteiger partial charge in [-0.3, -0.25) is 4.57 Å². The summed E-state index contributed by atoms with van der Waals surface area (Å²) in [4.78, 5) is 37.0. The first kappa shape index (κ1) is 28.7. The Balaban J connectivity index is 1.44. The average Bonchev–Trinajstić information content (AvgIpc) is 3.53. The van der Waals surface area contributed by atoms with Crippen LogP contribution in [0.4, 0.5) is 5.82 Å². The number of fused-ring (bicyclic) bond motifs is 1. The molecule has 3 aromatic rings. The van der Waals surface area contributed by atoms with Gasteiger partial charge in [-0.05, 0) is 30.0 Å². The summed E-state index contributed by atoms with van der Waals surface area (Å²) in [5, 5.41) is 54.7. The molecule has 5 rings (SSSR count). The lowest BCUT2D eigenvalue weighted by molar-refractivity contribution is -0.191. The normalized spacial score (nSPS) is 25.1. The number of carboxylic acid groups (broad SMARTS) is 2. The maximum Gasteiger partial charge on any atom is 0.348 e.